The highest BCUT2D eigenvalue weighted by Crippen LogP contribution is 2.19. The van der Waals surface area contributed by atoms with Gasteiger partial charge in [-0.1, -0.05) is 12.2 Å². The minimum atomic E-state index is 0.691. The second kappa shape index (κ2) is 3.16. The first-order valence-electron chi connectivity index (χ1n) is 3.44. The van der Waals surface area contributed by atoms with Crippen LogP contribution >= 0.6 is 23.6 Å². The summed E-state index contributed by atoms with van der Waals surface area (Å²) in [7, 11) is 0. The summed E-state index contributed by atoms with van der Waals surface area (Å²) in [6.45, 7) is 0. The molecule has 1 N–H and O–H groups in total. The molecule has 0 aliphatic carbocycles. The molecule has 60 valence electrons. The number of nitrogens with zero attached hydrogens (tertiary/aromatic N) is 1. The number of hydrogen-bond donors (Lipinski definition) is 1. The molecule has 2 nitrogen and oxygen atoms in total. The molecule has 2 heterocycles. The van der Waals surface area contributed by atoms with Crippen LogP contribution in [0.5, 0.6) is 0 Å². The zero-order valence-electron chi connectivity index (χ0n) is 6.15. The fourth-order valence-corrected chi connectivity index (χ4v) is 1.84. The average molecular weight is 194 g/mol. The number of thiophene rings is 1. The molecule has 0 atom stereocenters. The molecule has 0 spiro atoms. The Morgan fingerprint density at radius 3 is 3.08 bits per heavy atom. The zero-order chi connectivity index (χ0) is 8.39. The van der Waals surface area contributed by atoms with Crippen molar-refractivity contribution in [2.75, 3.05) is 0 Å². The quantitative estimate of drug-likeness (QED) is 0.707. The van der Waals surface area contributed by atoms with Gasteiger partial charge in [-0.05, 0) is 11.4 Å². The second-order valence-corrected chi connectivity index (χ2v) is 3.47. The first-order chi connectivity index (χ1) is 5.88. The highest BCUT2D eigenvalue weighted by atomic mass is 32.1. The third kappa shape index (κ3) is 1.31. The Morgan fingerprint density at radius 1 is 1.50 bits per heavy atom. The van der Waals surface area contributed by atoms with Gasteiger partial charge in [0.2, 0.25) is 0 Å². The van der Waals surface area contributed by atoms with E-state index in [1.807, 2.05) is 16.8 Å². The summed E-state index contributed by atoms with van der Waals surface area (Å²) in [5, 5.41) is 4.05. The molecule has 0 fully saturated rings. The molecule has 12 heavy (non-hydrogen) atoms. The predicted octanol–water partition coefficient (Wildman–Crippen LogP) is 2.87. The van der Waals surface area contributed by atoms with Crippen LogP contribution < -0.4 is 0 Å². The third-order valence-corrected chi connectivity index (χ3v) is 2.50. The summed E-state index contributed by atoms with van der Waals surface area (Å²) in [5.41, 5.74) is 1.94. The average Bonchev–Trinajstić information content (AvgIpc) is 2.57. The van der Waals surface area contributed by atoms with Crippen molar-refractivity contribution in [1.82, 2.24) is 9.97 Å². The van der Waals surface area contributed by atoms with E-state index in [1.54, 1.807) is 23.7 Å². The Balaban J connectivity index is 2.63. The smallest absolute Gasteiger partial charge is 0.129 e. The maximum Gasteiger partial charge on any atom is 0.129 e. The Bertz CT molecular complexity index is 417. The van der Waals surface area contributed by atoms with Gasteiger partial charge in [-0.2, -0.15) is 11.3 Å². The van der Waals surface area contributed by atoms with Crippen LogP contribution in [-0.4, -0.2) is 9.97 Å². The van der Waals surface area contributed by atoms with Crippen molar-refractivity contribution in [3.05, 3.63) is 33.9 Å². The molecule has 0 bridgehead atoms. The number of H-pyrrole nitrogens is 1. The number of nitrogens with one attached hydrogen (secondary N) is 1. The van der Waals surface area contributed by atoms with Crippen LogP contribution in [0.1, 0.15) is 0 Å². The molecular formula is C8H6N2S2. The number of rotatable bonds is 1. The number of aromatic amines is 1. The Kier molecular flexibility index (Phi) is 2.01. The van der Waals surface area contributed by atoms with Gasteiger partial charge in [0, 0.05) is 23.3 Å². The maximum absolute atomic E-state index is 5.09. The minimum Gasteiger partial charge on any atom is -0.350 e. The predicted molar refractivity (Wildman–Crippen MR) is 52.7 cm³/mol. The van der Waals surface area contributed by atoms with Crippen molar-refractivity contribution in [3.8, 4) is 11.3 Å². The summed E-state index contributed by atoms with van der Waals surface area (Å²) >= 11 is 6.73. The topological polar surface area (TPSA) is 28.7 Å². The van der Waals surface area contributed by atoms with E-state index in [0.29, 0.717) is 4.64 Å². The molecule has 4 heteroatoms. The van der Waals surface area contributed by atoms with E-state index in [0.717, 1.165) is 11.3 Å². The lowest BCUT2D eigenvalue weighted by molar-refractivity contribution is 1.19. The maximum atomic E-state index is 5.09. The highest BCUT2D eigenvalue weighted by Gasteiger charge is 1.99. The molecule has 0 aromatic carbocycles. The lowest BCUT2D eigenvalue weighted by atomic mass is 10.2. The summed E-state index contributed by atoms with van der Waals surface area (Å²) < 4.78 is 0.691. The van der Waals surface area contributed by atoms with Gasteiger partial charge in [-0.15, -0.1) is 0 Å². The van der Waals surface area contributed by atoms with E-state index in [1.165, 1.54) is 0 Å². The van der Waals surface area contributed by atoms with E-state index < -0.39 is 0 Å². The summed E-state index contributed by atoms with van der Waals surface area (Å²) in [5.74, 6) is 0. The van der Waals surface area contributed by atoms with Crippen LogP contribution in [0.15, 0.2) is 29.2 Å². The van der Waals surface area contributed by atoms with Crippen LogP contribution in [0.4, 0.5) is 0 Å². The summed E-state index contributed by atoms with van der Waals surface area (Å²) in [6.07, 6.45) is 3.45. The third-order valence-electron chi connectivity index (χ3n) is 1.50. The molecular weight excluding hydrogens is 188 g/mol. The lowest BCUT2D eigenvalue weighted by Crippen LogP contribution is -1.83. The summed E-state index contributed by atoms with van der Waals surface area (Å²) in [4.78, 5) is 7.14. The van der Waals surface area contributed by atoms with Gasteiger partial charge in [-0.25, -0.2) is 0 Å². The molecule has 0 aliphatic heterocycles. The molecule has 2 aromatic rings. The van der Waals surface area contributed by atoms with E-state index in [-0.39, 0.29) is 0 Å². The van der Waals surface area contributed by atoms with Crippen LogP contribution in [0.3, 0.4) is 0 Å². The van der Waals surface area contributed by atoms with Crippen molar-refractivity contribution in [3.63, 3.8) is 0 Å². The zero-order valence-corrected chi connectivity index (χ0v) is 7.78. The van der Waals surface area contributed by atoms with Gasteiger partial charge >= 0.3 is 0 Å². The van der Waals surface area contributed by atoms with Crippen molar-refractivity contribution >= 4 is 23.6 Å². The lowest BCUT2D eigenvalue weighted by Gasteiger charge is -1.94. The second-order valence-electron chi connectivity index (χ2n) is 2.28. The van der Waals surface area contributed by atoms with E-state index in [4.69, 9.17) is 12.2 Å². The van der Waals surface area contributed by atoms with Gasteiger partial charge in [-0.3, -0.25) is 4.98 Å². The van der Waals surface area contributed by atoms with Crippen molar-refractivity contribution in [2.24, 2.45) is 0 Å². The molecule has 0 radical (unpaired) electrons. The molecule has 0 saturated heterocycles. The van der Waals surface area contributed by atoms with Gasteiger partial charge in [0.1, 0.15) is 10.3 Å². The van der Waals surface area contributed by atoms with Gasteiger partial charge in [0.15, 0.2) is 0 Å². The van der Waals surface area contributed by atoms with Gasteiger partial charge in [0.05, 0.1) is 0 Å². The molecule has 0 unspecified atom stereocenters. The molecule has 0 amide bonds. The normalized spacial score (nSPS) is 10.0. The van der Waals surface area contributed by atoms with E-state index in [2.05, 4.69) is 9.97 Å². The fourth-order valence-electron chi connectivity index (χ4n) is 0.957. The van der Waals surface area contributed by atoms with Crippen molar-refractivity contribution in [2.45, 2.75) is 0 Å². The van der Waals surface area contributed by atoms with E-state index >= 15 is 0 Å². The van der Waals surface area contributed by atoms with Crippen LogP contribution in [0.25, 0.3) is 11.3 Å². The number of aromatic nitrogens is 2. The Labute approximate surface area is 78.9 Å². The van der Waals surface area contributed by atoms with E-state index in [9.17, 15) is 0 Å². The van der Waals surface area contributed by atoms with Crippen LogP contribution in [0, 0.1) is 4.64 Å². The van der Waals surface area contributed by atoms with Crippen LogP contribution in [0.2, 0.25) is 0 Å². The van der Waals surface area contributed by atoms with Crippen molar-refractivity contribution < 1.29 is 0 Å². The van der Waals surface area contributed by atoms with Gasteiger partial charge < -0.3 is 4.98 Å². The SMILES string of the molecule is S=c1[nH]ccnc1-c1ccsc1. The number of hydrogen-bond acceptors (Lipinski definition) is 3. The molecule has 0 saturated carbocycles. The highest BCUT2D eigenvalue weighted by molar-refractivity contribution is 7.71. The minimum absolute atomic E-state index is 0.691. The Hall–Kier alpha value is -1.00. The van der Waals surface area contributed by atoms with Crippen molar-refractivity contribution in [1.29, 1.82) is 0 Å². The molecule has 0 aliphatic rings. The largest absolute Gasteiger partial charge is 0.350 e. The molecule has 2 rings (SSSR count). The first kappa shape index (κ1) is 7.64. The fraction of sp³-hybridized carbons (Fsp3) is 0. The standard InChI is InChI=1S/C8H6N2S2/c11-8-7(9-2-3-10-8)6-1-4-12-5-6/h1-5H,(H,10,11). The summed E-state index contributed by atoms with van der Waals surface area (Å²) in [6, 6.07) is 2.01. The van der Waals surface area contributed by atoms with Crippen LogP contribution in [-0.2, 0) is 0 Å². The molecule has 2 aromatic heterocycles. The van der Waals surface area contributed by atoms with Gasteiger partial charge in [0.25, 0.3) is 0 Å². The first-order valence-corrected chi connectivity index (χ1v) is 4.79. The monoisotopic (exact) mass is 194 g/mol. The Morgan fingerprint density at radius 2 is 2.42 bits per heavy atom.